The Bertz CT molecular complexity index is 315. The molecule has 0 saturated heterocycles. The molecule has 0 spiro atoms. The molecule has 0 aliphatic heterocycles. The van der Waals surface area contributed by atoms with E-state index in [0.29, 0.717) is 5.92 Å². The van der Waals surface area contributed by atoms with Crippen LogP contribution in [-0.4, -0.2) is 10.7 Å². The van der Waals surface area contributed by atoms with E-state index in [9.17, 15) is 10.1 Å². The molecule has 2 fully saturated rings. The van der Waals surface area contributed by atoms with Crippen molar-refractivity contribution in [2.45, 2.75) is 40.0 Å². The van der Waals surface area contributed by atoms with Crippen LogP contribution in [0.5, 0.6) is 0 Å². The number of hydrazone groups is 1. The van der Waals surface area contributed by atoms with E-state index < -0.39 is 5.03 Å². The summed E-state index contributed by atoms with van der Waals surface area (Å²) in [4.78, 5) is 10.5. The molecule has 2 aliphatic carbocycles. The second-order valence-electron chi connectivity index (χ2n) is 5.41. The van der Waals surface area contributed by atoms with Crippen molar-refractivity contribution in [2.75, 3.05) is 0 Å². The summed E-state index contributed by atoms with van der Waals surface area (Å²) < 4.78 is 0. The molecule has 78 valence electrons. The van der Waals surface area contributed by atoms with Crippen molar-refractivity contribution in [1.29, 1.82) is 0 Å². The smallest absolute Gasteiger partial charge is 0.190 e. The molecule has 0 N–H and O–H groups in total. The minimum atomic E-state index is -0.539. The third-order valence-corrected chi connectivity index (χ3v) is 4.13. The van der Waals surface area contributed by atoms with Gasteiger partial charge < -0.3 is 0 Å². The molecule has 0 unspecified atom stereocenters. The molecule has 4 nitrogen and oxygen atoms in total. The van der Waals surface area contributed by atoms with Crippen LogP contribution >= 0.6 is 0 Å². The Labute approximate surface area is 83.5 Å². The minimum absolute atomic E-state index is 0.00123. The van der Waals surface area contributed by atoms with Crippen LogP contribution in [0.2, 0.25) is 0 Å². The molecule has 0 aromatic carbocycles. The molecule has 2 bridgehead atoms. The molecule has 2 saturated carbocycles. The highest BCUT2D eigenvalue weighted by molar-refractivity contribution is 5.97. The van der Waals surface area contributed by atoms with E-state index in [2.05, 4.69) is 25.9 Å². The Morgan fingerprint density at radius 3 is 2.57 bits per heavy atom. The SMILES string of the molecule is CC1(C)/C(=N\[N+](=O)[O-])[C@]2(C)CC[C@@H]1C2. The van der Waals surface area contributed by atoms with Gasteiger partial charge in [0, 0.05) is 10.8 Å². The van der Waals surface area contributed by atoms with Gasteiger partial charge in [-0.15, -0.1) is 0 Å². The lowest BCUT2D eigenvalue weighted by atomic mass is 9.71. The topological polar surface area (TPSA) is 55.5 Å². The largest absolute Gasteiger partial charge is 0.233 e. The van der Waals surface area contributed by atoms with Gasteiger partial charge in [-0.1, -0.05) is 20.8 Å². The predicted octanol–water partition coefficient (Wildman–Crippen LogP) is 2.47. The van der Waals surface area contributed by atoms with Crippen LogP contribution in [0.15, 0.2) is 5.10 Å². The average Bonchev–Trinajstić information content (AvgIpc) is 2.49. The lowest BCUT2D eigenvalue weighted by molar-refractivity contribution is -0.485. The predicted molar refractivity (Wildman–Crippen MR) is 53.7 cm³/mol. The number of fused-ring (bicyclic) bond motifs is 2. The van der Waals surface area contributed by atoms with Crippen molar-refractivity contribution < 1.29 is 5.03 Å². The summed E-state index contributed by atoms with van der Waals surface area (Å²) in [5.74, 6) is 0.589. The van der Waals surface area contributed by atoms with Gasteiger partial charge in [-0.2, -0.15) is 0 Å². The van der Waals surface area contributed by atoms with Gasteiger partial charge >= 0.3 is 0 Å². The van der Waals surface area contributed by atoms with Crippen LogP contribution in [0, 0.1) is 26.9 Å². The Morgan fingerprint density at radius 2 is 2.14 bits per heavy atom. The molecule has 0 aromatic heterocycles. The lowest BCUT2D eigenvalue weighted by Crippen LogP contribution is -2.36. The highest BCUT2D eigenvalue weighted by Crippen LogP contribution is 2.60. The number of hydrogen-bond acceptors (Lipinski definition) is 2. The van der Waals surface area contributed by atoms with Crippen molar-refractivity contribution in [1.82, 2.24) is 0 Å². The zero-order chi connectivity index (χ0) is 10.6. The number of rotatable bonds is 1. The van der Waals surface area contributed by atoms with Crippen LogP contribution < -0.4 is 0 Å². The Hall–Kier alpha value is -0.930. The van der Waals surface area contributed by atoms with Crippen molar-refractivity contribution >= 4 is 5.71 Å². The molecule has 14 heavy (non-hydrogen) atoms. The van der Waals surface area contributed by atoms with Gasteiger partial charge in [0.1, 0.15) is 5.71 Å². The Kier molecular flexibility index (Phi) is 1.75. The van der Waals surface area contributed by atoms with Gasteiger partial charge in [-0.3, -0.25) is 0 Å². The summed E-state index contributed by atoms with van der Waals surface area (Å²) in [7, 11) is 0. The molecule has 0 aromatic rings. The highest BCUT2D eigenvalue weighted by atomic mass is 16.7. The first-order valence-corrected chi connectivity index (χ1v) is 5.10. The van der Waals surface area contributed by atoms with Crippen LogP contribution in [-0.2, 0) is 0 Å². The maximum Gasteiger partial charge on any atom is 0.190 e. The van der Waals surface area contributed by atoms with E-state index in [-0.39, 0.29) is 10.8 Å². The molecular formula is C10H16N2O2. The van der Waals surface area contributed by atoms with Crippen molar-refractivity contribution in [2.24, 2.45) is 21.8 Å². The molecule has 2 aliphatic rings. The monoisotopic (exact) mass is 196 g/mol. The molecule has 0 amide bonds. The fourth-order valence-electron chi connectivity index (χ4n) is 3.37. The third-order valence-electron chi connectivity index (χ3n) is 4.13. The van der Waals surface area contributed by atoms with Gasteiger partial charge in [-0.05, 0) is 25.2 Å². The number of hydrogen-bond donors (Lipinski definition) is 0. The molecule has 0 radical (unpaired) electrons. The summed E-state index contributed by atoms with van der Waals surface area (Å²) in [6.45, 7) is 6.29. The summed E-state index contributed by atoms with van der Waals surface area (Å²) in [5, 5.41) is 13.6. The van der Waals surface area contributed by atoms with E-state index in [1.165, 1.54) is 6.42 Å². The lowest BCUT2D eigenvalue weighted by Gasteiger charge is -2.32. The average molecular weight is 196 g/mol. The first kappa shape index (κ1) is 9.62. The fraction of sp³-hybridized carbons (Fsp3) is 0.900. The number of nitro groups is 1. The number of nitrogens with zero attached hydrogens (tertiary/aromatic N) is 2. The van der Waals surface area contributed by atoms with E-state index in [0.717, 1.165) is 18.6 Å². The molecule has 2 atom stereocenters. The van der Waals surface area contributed by atoms with Crippen molar-refractivity contribution in [3.63, 3.8) is 0 Å². The van der Waals surface area contributed by atoms with Crippen molar-refractivity contribution in [3.05, 3.63) is 10.1 Å². The summed E-state index contributed by atoms with van der Waals surface area (Å²) in [6.07, 6.45) is 3.33. The maximum atomic E-state index is 10.5. The highest BCUT2D eigenvalue weighted by Gasteiger charge is 2.58. The third kappa shape index (κ3) is 1.09. The second-order valence-corrected chi connectivity index (χ2v) is 5.41. The van der Waals surface area contributed by atoms with Gasteiger partial charge in [0.2, 0.25) is 0 Å². The summed E-state index contributed by atoms with van der Waals surface area (Å²) in [5.41, 5.74) is 0.743. The van der Waals surface area contributed by atoms with Crippen LogP contribution in [0.1, 0.15) is 40.0 Å². The zero-order valence-corrected chi connectivity index (χ0v) is 8.91. The van der Waals surface area contributed by atoms with Crippen LogP contribution in [0.25, 0.3) is 0 Å². The molecule has 4 heteroatoms. The summed E-state index contributed by atoms with van der Waals surface area (Å²) >= 11 is 0. The van der Waals surface area contributed by atoms with Gasteiger partial charge in [-0.25, -0.2) is 10.1 Å². The molecule has 2 rings (SSSR count). The van der Waals surface area contributed by atoms with Gasteiger partial charge in [0.25, 0.3) is 0 Å². The van der Waals surface area contributed by atoms with Crippen LogP contribution in [0.4, 0.5) is 0 Å². The molecular weight excluding hydrogens is 180 g/mol. The van der Waals surface area contributed by atoms with Crippen molar-refractivity contribution in [3.8, 4) is 0 Å². The van der Waals surface area contributed by atoms with Crippen LogP contribution in [0.3, 0.4) is 0 Å². The second kappa shape index (κ2) is 2.55. The van der Waals surface area contributed by atoms with Gasteiger partial charge in [0.15, 0.2) is 5.03 Å². The quantitative estimate of drug-likeness (QED) is 0.478. The normalized spacial score (nSPS) is 41.9. The van der Waals surface area contributed by atoms with E-state index >= 15 is 0 Å². The summed E-state index contributed by atoms with van der Waals surface area (Å²) in [6, 6.07) is 0. The zero-order valence-electron chi connectivity index (χ0n) is 8.91. The van der Waals surface area contributed by atoms with E-state index in [1.807, 2.05) is 0 Å². The van der Waals surface area contributed by atoms with E-state index in [4.69, 9.17) is 0 Å². The molecule has 0 heterocycles. The fourth-order valence-corrected chi connectivity index (χ4v) is 3.37. The Morgan fingerprint density at radius 1 is 1.50 bits per heavy atom. The standard InChI is InChI=1S/C10H16N2O2/c1-9(2)7-4-5-10(3,6-7)8(9)11-12(13)14/h7H,4-6H2,1-3H3/b11-8+/t7-,10-/m1/s1. The van der Waals surface area contributed by atoms with Gasteiger partial charge in [0.05, 0.1) is 5.10 Å². The maximum absolute atomic E-state index is 10.5. The first-order chi connectivity index (χ1) is 6.36. The Balaban J connectivity index is 2.44. The van der Waals surface area contributed by atoms with E-state index in [1.54, 1.807) is 0 Å². The first-order valence-electron chi connectivity index (χ1n) is 5.10. The minimum Gasteiger partial charge on any atom is -0.233 e.